The van der Waals surface area contributed by atoms with E-state index in [1.807, 2.05) is 0 Å². The Morgan fingerprint density at radius 2 is 2.00 bits per heavy atom. The van der Waals surface area contributed by atoms with Crippen molar-refractivity contribution in [2.75, 3.05) is 14.2 Å². The molecule has 0 aliphatic heterocycles. The first-order chi connectivity index (χ1) is 6.12. The molecule has 1 radical (unpaired) electrons. The van der Waals surface area contributed by atoms with E-state index < -0.39 is 11.6 Å². The van der Waals surface area contributed by atoms with Crippen LogP contribution in [0.4, 0.5) is 4.39 Å². The van der Waals surface area contributed by atoms with Crippen LogP contribution in [0.3, 0.4) is 0 Å². The van der Waals surface area contributed by atoms with Gasteiger partial charge in [0.25, 0.3) is 0 Å². The highest BCUT2D eigenvalue weighted by molar-refractivity contribution is 5.20. The number of benzene rings is 1. The Morgan fingerprint density at radius 1 is 1.38 bits per heavy atom. The van der Waals surface area contributed by atoms with Crippen LogP contribution in [0.2, 0.25) is 0 Å². The number of ether oxygens (including phenoxy) is 2. The molecule has 0 fully saturated rings. The first kappa shape index (κ1) is 10.2. The van der Waals surface area contributed by atoms with E-state index in [2.05, 4.69) is 6.07 Å². The van der Waals surface area contributed by atoms with Crippen LogP contribution in [0.5, 0.6) is 0 Å². The molecule has 1 aromatic rings. The van der Waals surface area contributed by atoms with E-state index in [1.165, 1.54) is 26.4 Å². The van der Waals surface area contributed by atoms with Gasteiger partial charge in [0.2, 0.25) is 0 Å². The Kier molecular flexibility index (Phi) is 3.01. The number of rotatable bonds is 3. The van der Waals surface area contributed by atoms with Gasteiger partial charge >= 0.3 is 0 Å². The summed E-state index contributed by atoms with van der Waals surface area (Å²) >= 11 is 0. The second-order valence-electron chi connectivity index (χ2n) is 2.78. The standard InChI is InChI=1S/C10H12FO2/c1-10(12-2,13-3)8-5-4-6-9(11)7-8/h4-5,7H,1-3H3. The Hall–Kier alpha value is -0.930. The third-order valence-corrected chi connectivity index (χ3v) is 2.07. The summed E-state index contributed by atoms with van der Waals surface area (Å²) in [6.07, 6.45) is 0. The van der Waals surface area contributed by atoms with E-state index in [4.69, 9.17) is 9.47 Å². The molecule has 3 heteroatoms. The summed E-state index contributed by atoms with van der Waals surface area (Å²) < 4.78 is 23.1. The molecule has 0 bridgehead atoms. The van der Waals surface area contributed by atoms with E-state index in [0.717, 1.165) is 0 Å². The fourth-order valence-corrected chi connectivity index (χ4v) is 1.04. The van der Waals surface area contributed by atoms with Gasteiger partial charge in [0.15, 0.2) is 5.79 Å². The summed E-state index contributed by atoms with van der Waals surface area (Å²) in [6.45, 7) is 1.72. The predicted octanol–water partition coefficient (Wildman–Crippen LogP) is 2.09. The van der Waals surface area contributed by atoms with Gasteiger partial charge in [-0.3, -0.25) is 0 Å². The molecule has 0 heterocycles. The van der Waals surface area contributed by atoms with Gasteiger partial charge in [-0.25, -0.2) is 4.39 Å². The molecule has 0 unspecified atom stereocenters. The van der Waals surface area contributed by atoms with Gasteiger partial charge < -0.3 is 9.47 Å². The minimum Gasteiger partial charge on any atom is -0.349 e. The van der Waals surface area contributed by atoms with Crippen LogP contribution in [0.1, 0.15) is 12.5 Å². The third-order valence-electron chi connectivity index (χ3n) is 2.07. The second-order valence-corrected chi connectivity index (χ2v) is 2.78. The number of hydrogen-bond acceptors (Lipinski definition) is 2. The van der Waals surface area contributed by atoms with Crippen molar-refractivity contribution in [1.82, 2.24) is 0 Å². The normalized spacial score (nSPS) is 11.7. The minimum absolute atomic E-state index is 0.419. The monoisotopic (exact) mass is 183 g/mol. The summed E-state index contributed by atoms with van der Waals surface area (Å²) in [5.41, 5.74) is 0.633. The van der Waals surface area contributed by atoms with E-state index in [-0.39, 0.29) is 0 Å². The van der Waals surface area contributed by atoms with Gasteiger partial charge in [0.1, 0.15) is 5.82 Å². The van der Waals surface area contributed by atoms with Crippen LogP contribution in [-0.2, 0) is 15.3 Å². The lowest BCUT2D eigenvalue weighted by atomic mass is 10.1. The molecule has 1 rings (SSSR count). The van der Waals surface area contributed by atoms with Crippen LogP contribution in [0.15, 0.2) is 18.2 Å². The molecule has 0 aliphatic carbocycles. The Morgan fingerprint density at radius 3 is 2.46 bits per heavy atom. The molecular weight excluding hydrogens is 171 g/mol. The molecule has 71 valence electrons. The largest absolute Gasteiger partial charge is 0.349 e. The lowest BCUT2D eigenvalue weighted by Gasteiger charge is -2.26. The highest BCUT2D eigenvalue weighted by Crippen LogP contribution is 2.25. The zero-order valence-electron chi connectivity index (χ0n) is 7.93. The van der Waals surface area contributed by atoms with E-state index in [0.29, 0.717) is 5.56 Å². The highest BCUT2D eigenvalue weighted by Gasteiger charge is 2.25. The number of hydrogen-bond donors (Lipinski definition) is 0. The maximum absolute atomic E-state index is 12.8. The molecule has 13 heavy (non-hydrogen) atoms. The van der Waals surface area contributed by atoms with Crippen molar-refractivity contribution in [2.24, 2.45) is 0 Å². The average Bonchev–Trinajstić information content (AvgIpc) is 2.17. The topological polar surface area (TPSA) is 18.5 Å². The van der Waals surface area contributed by atoms with E-state index in [9.17, 15) is 4.39 Å². The van der Waals surface area contributed by atoms with Crippen LogP contribution in [0.25, 0.3) is 0 Å². The zero-order valence-corrected chi connectivity index (χ0v) is 7.93. The summed E-state index contributed by atoms with van der Waals surface area (Å²) in [5, 5.41) is 0. The lowest BCUT2D eigenvalue weighted by molar-refractivity contribution is -0.201. The summed E-state index contributed by atoms with van der Waals surface area (Å²) in [5.74, 6) is -1.31. The molecule has 0 saturated heterocycles. The van der Waals surface area contributed by atoms with Crippen LogP contribution < -0.4 is 0 Å². The average molecular weight is 183 g/mol. The molecule has 2 nitrogen and oxygen atoms in total. The van der Waals surface area contributed by atoms with Gasteiger partial charge in [0.05, 0.1) is 0 Å². The SMILES string of the molecule is COC(C)(OC)c1cc[c]c(F)c1. The van der Waals surface area contributed by atoms with Crippen molar-refractivity contribution in [3.8, 4) is 0 Å². The van der Waals surface area contributed by atoms with Crippen molar-refractivity contribution in [3.63, 3.8) is 0 Å². The zero-order chi connectivity index (χ0) is 9.90. The quantitative estimate of drug-likeness (QED) is 0.668. The van der Waals surface area contributed by atoms with Crippen molar-refractivity contribution >= 4 is 0 Å². The Balaban J connectivity index is 3.05. The molecule has 0 aromatic heterocycles. The van der Waals surface area contributed by atoms with E-state index in [1.54, 1.807) is 13.0 Å². The molecule has 0 atom stereocenters. The molecule has 0 saturated carbocycles. The summed E-state index contributed by atoms with van der Waals surface area (Å²) in [6, 6.07) is 6.96. The molecule has 0 spiro atoms. The molecule has 0 aliphatic rings. The molecule has 0 amide bonds. The van der Waals surface area contributed by atoms with Crippen LogP contribution in [-0.4, -0.2) is 14.2 Å². The van der Waals surface area contributed by atoms with E-state index >= 15 is 0 Å². The smallest absolute Gasteiger partial charge is 0.191 e. The molecule has 1 aromatic carbocycles. The van der Waals surface area contributed by atoms with Gasteiger partial charge in [-0.15, -0.1) is 0 Å². The Labute approximate surface area is 77.3 Å². The number of halogens is 1. The van der Waals surface area contributed by atoms with Gasteiger partial charge in [-0.05, 0) is 13.0 Å². The van der Waals surface area contributed by atoms with Crippen molar-refractivity contribution in [3.05, 3.63) is 35.6 Å². The van der Waals surface area contributed by atoms with Crippen molar-refractivity contribution in [2.45, 2.75) is 12.7 Å². The highest BCUT2D eigenvalue weighted by atomic mass is 19.1. The second kappa shape index (κ2) is 3.85. The van der Waals surface area contributed by atoms with Crippen molar-refractivity contribution < 1.29 is 13.9 Å². The van der Waals surface area contributed by atoms with Crippen molar-refractivity contribution in [1.29, 1.82) is 0 Å². The molecule has 0 N–H and O–H groups in total. The van der Waals surface area contributed by atoms with Crippen LogP contribution >= 0.6 is 0 Å². The van der Waals surface area contributed by atoms with Gasteiger partial charge in [0, 0.05) is 25.8 Å². The minimum atomic E-state index is -0.893. The summed E-state index contributed by atoms with van der Waals surface area (Å²) in [7, 11) is 3.02. The molecular formula is C10H12FO2. The first-order valence-corrected chi connectivity index (χ1v) is 3.90. The summed E-state index contributed by atoms with van der Waals surface area (Å²) in [4.78, 5) is 0. The third kappa shape index (κ3) is 2.05. The van der Waals surface area contributed by atoms with Gasteiger partial charge in [-0.2, -0.15) is 0 Å². The maximum atomic E-state index is 12.8. The fourth-order valence-electron chi connectivity index (χ4n) is 1.04. The number of methoxy groups -OCH3 is 2. The first-order valence-electron chi connectivity index (χ1n) is 3.90. The van der Waals surface area contributed by atoms with Crippen LogP contribution in [0, 0.1) is 11.9 Å². The predicted molar refractivity (Wildman–Crippen MR) is 46.6 cm³/mol. The van der Waals surface area contributed by atoms with Gasteiger partial charge in [-0.1, -0.05) is 12.1 Å². The lowest BCUT2D eigenvalue weighted by Crippen LogP contribution is -2.26. The fraction of sp³-hybridized carbons (Fsp3) is 0.400. The maximum Gasteiger partial charge on any atom is 0.191 e. The Bertz CT molecular complexity index is 282.